The number of aromatic nitrogens is 1. The van der Waals surface area contributed by atoms with Gasteiger partial charge >= 0.3 is 0 Å². The van der Waals surface area contributed by atoms with E-state index in [9.17, 15) is 0 Å². The Morgan fingerprint density at radius 3 is 2.75 bits per heavy atom. The fourth-order valence-electron chi connectivity index (χ4n) is 1.29. The van der Waals surface area contributed by atoms with Crippen LogP contribution in [0.15, 0.2) is 53.8 Å². The highest BCUT2D eigenvalue weighted by Crippen LogP contribution is 2.19. The molecule has 80 valence electrons. The third-order valence-electron chi connectivity index (χ3n) is 2.12. The molecule has 0 amide bonds. The topological polar surface area (TPSA) is 34.5 Å². The molecule has 1 aromatic carbocycles. The molecule has 1 aromatic heterocycles. The monoisotopic (exact) mass is 212 g/mol. The van der Waals surface area contributed by atoms with Gasteiger partial charge in [-0.1, -0.05) is 6.07 Å². The van der Waals surface area contributed by atoms with E-state index in [4.69, 9.17) is 4.74 Å². The van der Waals surface area contributed by atoms with Crippen molar-refractivity contribution in [1.29, 1.82) is 0 Å². The molecule has 3 nitrogen and oxygen atoms in total. The molecule has 0 atom stereocenters. The third-order valence-corrected chi connectivity index (χ3v) is 2.12. The molecule has 0 aliphatic heterocycles. The van der Waals surface area contributed by atoms with E-state index < -0.39 is 0 Å². The van der Waals surface area contributed by atoms with Crippen LogP contribution in [-0.2, 0) is 0 Å². The van der Waals surface area contributed by atoms with E-state index in [-0.39, 0.29) is 0 Å². The van der Waals surface area contributed by atoms with Gasteiger partial charge in [0.15, 0.2) is 0 Å². The Labute approximate surface area is 94.4 Å². The van der Waals surface area contributed by atoms with Crippen LogP contribution in [0.25, 0.3) is 0 Å². The van der Waals surface area contributed by atoms with E-state index >= 15 is 0 Å². The second-order valence-corrected chi connectivity index (χ2v) is 3.24. The van der Waals surface area contributed by atoms with Crippen LogP contribution in [0.4, 0.5) is 5.69 Å². The summed E-state index contributed by atoms with van der Waals surface area (Å²) in [6.45, 7) is 0. The number of aliphatic imine (C=N–C) groups is 1. The van der Waals surface area contributed by atoms with E-state index in [1.807, 2.05) is 36.4 Å². The Bertz CT molecular complexity index is 480. The normalized spacial score (nSPS) is 10.6. The zero-order valence-electron chi connectivity index (χ0n) is 9.00. The van der Waals surface area contributed by atoms with Gasteiger partial charge in [0.05, 0.1) is 12.8 Å². The number of benzene rings is 1. The summed E-state index contributed by atoms with van der Waals surface area (Å²) in [5.41, 5.74) is 1.90. The third kappa shape index (κ3) is 2.67. The Balaban J connectivity index is 2.17. The van der Waals surface area contributed by atoms with E-state index in [2.05, 4.69) is 9.98 Å². The average molecular weight is 212 g/mol. The number of hydrogen-bond acceptors (Lipinski definition) is 3. The Hall–Kier alpha value is -2.16. The van der Waals surface area contributed by atoms with Crippen LogP contribution in [0.1, 0.15) is 5.56 Å². The summed E-state index contributed by atoms with van der Waals surface area (Å²) < 4.78 is 5.12. The van der Waals surface area contributed by atoms with Gasteiger partial charge in [-0.05, 0) is 29.8 Å². The molecular formula is C13H12N2O. The lowest BCUT2D eigenvalue weighted by Crippen LogP contribution is -1.82. The van der Waals surface area contributed by atoms with Gasteiger partial charge in [-0.25, -0.2) is 0 Å². The van der Waals surface area contributed by atoms with E-state index in [1.54, 1.807) is 25.7 Å². The van der Waals surface area contributed by atoms with Crippen molar-refractivity contribution in [1.82, 2.24) is 4.98 Å². The van der Waals surface area contributed by atoms with Gasteiger partial charge in [-0.2, -0.15) is 0 Å². The van der Waals surface area contributed by atoms with Crippen molar-refractivity contribution in [2.75, 3.05) is 7.11 Å². The Morgan fingerprint density at radius 2 is 2.00 bits per heavy atom. The smallest absolute Gasteiger partial charge is 0.121 e. The lowest BCUT2D eigenvalue weighted by Gasteiger charge is -1.99. The Morgan fingerprint density at radius 1 is 1.19 bits per heavy atom. The van der Waals surface area contributed by atoms with Crippen LogP contribution in [0.2, 0.25) is 0 Å². The summed E-state index contributed by atoms with van der Waals surface area (Å²) in [5, 5.41) is 0. The standard InChI is InChI=1S/C13H12N2O/c1-16-13-4-2-3-12(9-13)15-10-11-5-7-14-8-6-11/h2-10H,1H3. The minimum absolute atomic E-state index is 0.810. The van der Waals surface area contributed by atoms with Crippen LogP contribution in [0.5, 0.6) is 5.75 Å². The molecule has 0 bridgehead atoms. The predicted octanol–water partition coefficient (Wildman–Crippen LogP) is 2.84. The minimum Gasteiger partial charge on any atom is -0.497 e. The van der Waals surface area contributed by atoms with Crippen molar-refractivity contribution in [3.8, 4) is 5.75 Å². The van der Waals surface area contributed by atoms with Crippen molar-refractivity contribution in [2.45, 2.75) is 0 Å². The molecule has 0 aliphatic carbocycles. The molecule has 3 heteroatoms. The first kappa shape index (κ1) is 10.4. The summed E-state index contributed by atoms with van der Waals surface area (Å²) in [6.07, 6.45) is 5.29. The second-order valence-electron chi connectivity index (χ2n) is 3.24. The van der Waals surface area contributed by atoms with Crippen molar-refractivity contribution >= 4 is 11.9 Å². The molecule has 0 saturated heterocycles. The summed E-state index contributed by atoms with van der Waals surface area (Å²) in [7, 11) is 1.64. The van der Waals surface area contributed by atoms with Gasteiger partial charge in [0.25, 0.3) is 0 Å². The summed E-state index contributed by atoms with van der Waals surface area (Å²) in [4.78, 5) is 8.30. The fourth-order valence-corrected chi connectivity index (χ4v) is 1.29. The van der Waals surface area contributed by atoms with Crippen LogP contribution in [-0.4, -0.2) is 18.3 Å². The second kappa shape index (κ2) is 5.07. The number of rotatable bonds is 3. The summed E-state index contributed by atoms with van der Waals surface area (Å²) in [6, 6.07) is 11.4. The summed E-state index contributed by atoms with van der Waals surface area (Å²) >= 11 is 0. The van der Waals surface area contributed by atoms with Gasteiger partial charge < -0.3 is 4.74 Å². The molecular weight excluding hydrogens is 200 g/mol. The van der Waals surface area contributed by atoms with Crippen LogP contribution in [0.3, 0.4) is 0 Å². The predicted molar refractivity (Wildman–Crippen MR) is 64.5 cm³/mol. The van der Waals surface area contributed by atoms with Crippen LogP contribution >= 0.6 is 0 Å². The van der Waals surface area contributed by atoms with E-state index in [1.165, 1.54) is 0 Å². The van der Waals surface area contributed by atoms with Crippen molar-refractivity contribution < 1.29 is 4.74 Å². The fraction of sp³-hybridized carbons (Fsp3) is 0.0769. The molecule has 0 radical (unpaired) electrons. The molecule has 0 unspecified atom stereocenters. The first-order valence-electron chi connectivity index (χ1n) is 4.96. The first-order valence-corrected chi connectivity index (χ1v) is 4.96. The van der Waals surface area contributed by atoms with Gasteiger partial charge in [0.2, 0.25) is 0 Å². The van der Waals surface area contributed by atoms with Crippen molar-refractivity contribution in [3.05, 3.63) is 54.4 Å². The quantitative estimate of drug-likeness (QED) is 0.733. The maximum atomic E-state index is 5.12. The van der Waals surface area contributed by atoms with Gasteiger partial charge in [-0.3, -0.25) is 9.98 Å². The highest BCUT2D eigenvalue weighted by atomic mass is 16.5. The van der Waals surface area contributed by atoms with E-state index in [0.717, 1.165) is 17.0 Å². The molecule has 2 rings (SSSR count). The van der Waals surface area contributed by atoms with Crippen molar-refractivity contribution in [3.63, 3.8) is 0 Å². The molecule has 1 heterocycles. The molecule has 0 fully saturated rings. The minimum atomic E-state index is 0.810. The first-order chi connectivity index (χ1) is 7.88. The number of methoxy groups -OCH3 is 1. The average Bonchev–Trinajstić information content (AvgIpc) is 2.38. The van der Waals surface area contributed by atoms with Gasteiger partial charge in [-0.15, -0.1) is 0 Å². The number of nitrogens with zero attached hydrogens (tertiary/aromatic N) is 2. The van der Waals surface area contributed by atoms with Crippen LogP contribution < -0.4 is 4.74 Å². The lowest BCUT2D eigenvalue weighted by atomic mass is 10.3. The van der Waals surface area contributed by atoms with E-state index in [0.29, 0.717) is 0 Å². The maximum absolute atomic E-state index is 5.12. The summed E-state index contributed by atoms with van der Waals surface area (Å²) in [5.74, 6) is 0.810. The highest BCUT2D eigenvalue weighted by molar-refractivity contribution is 5.81. The largest absolute Gasteiger partial charge is 0.497 e. The molecule has 0 aliphatic rings. The molecule has 2 aromatic rings. The zero-order chi connectivity index (χ0) is 11.2. The van der Waals surface area contributed by atoms with Gasteiger partial charge in [0, 0.05) is 24.7 Å². The zero-order valence-corrected chi connectivity index (χ0v) is 9.00. The van der Waals surface area contributed by atoms with Gasteiger partial charge in [0.1, 0.15) is 5.75 Å². The number of hydrogen-bond donors (Lipinski definition) is 0. The lowest BCUT2D eigenvalue weighted by molar-refractivity contribution is 0.415. The van der Waals surface area contributed by atoms with Crippen LogP contribution in [0, 0.1) is 0 Å². The maximum Gasteiger partial charge on any atom is 0.121 e. The molecule has 0 saturated carbocycles. The molecule has 0 N–H and O–H groups in total. The number of ether oxygens (including phenoxy) is 1. The molecule has 0 spiro atoms. The molecule has 16 heavy (non-hydrogen) atoms. The van der Waals surface area contributed by atoms with Crippen molar-refractivity contribution in [2.24, 2.45) is 4.99 Å². The SMILES string of the molecule is COc1cccc(N=Cc2ccncc2)c1. The highest BCUT2D eigenvalue weighted by Gasteiger charge is 1.92. The number of pyridine rings is 1. The Kier molecular flexibility index (Phi) is 3.28.